The summed E-state index contributed by atoms with van der Waals surface area (Å²) in [5, 5.41) is 0. The summed E-state index contributed by atoms with van der Waals surface area (Å²) in [6, 6.07) is 10.3. The number of carbonyl (C=O) groups excluding carboxylic acids is 1. The number of ether oxygens (including phenoxy) is 1. The molecule has 0 saturated heterocycles. The molecule has 124 valence electrons. The van der Waals surface area contributed by atoms with Gasteiger partial charge < -0.3 is 4.74 Å². The van der Waals surface area contributed by atoms with Gasteiger partial charge in [0.05, 0.1) is 11.1 Å². The molecule has 1 aliphatic rings. The molecule has 0 N–H and O–H groups in total. The summed E-state index contributed by atoms with van der Waals surface area (Å²) in [7, 11) is 0. The smallest absolute Gasteiger partial charge is 0.210 e. The number of halogens is 2. The van der Waals surface area contributed by atoms with E-state index in [0.717, 1.165) is 4.90 Å². The SMILES string of the molecule is CSc1ccc(C2=C(c3ccc(F)cc3)C(=O)C(C)(C)O2)c(F)c1. The zero-order valence-electron chi connectivity index (χ0n) is 13.5. The number of hydrogen-bond donors (Lipinski definition) is 0. The van der Waals surface area contributed by atoms with Gasteiger partial charge in [0.15, 0.2) is 5.60 Å². The standard InChI is InChI=1S/C19H16F2O2S/c1-19(2)18(22)16(11-4-6-12(20)7-5-11)17(23-19)14-9-8-13(24-3)10-15(14)21/h4-10H,1-3H3. The van der Waals surface area contributed by atoms with E-state index in [2.05, 4.69) is 0 Å². The zero-order chi connectivity index (χ0) is 17.5. The predicted octanol–water partition coefficient (Wildman–Crippen LogP) is 4.93. The number of rotatable bonds is 3. The molecule has 0 spiro atoms. The first-order valence-corrected chi connectivity index (χ1v) is 8.64. The van der Waals surface area contributed by atoms with Crippen molar-refractivity contribution in [3.05, 3.63) is 65.2 Å². The second kappa shape index (κ2) is 6.06. The number of thioether (sulfide) groups is 1. The fourth-order valence-electron chi connectivity index (χ4n) is 2.63. The van der Waals surface area contributed by atoms with Crippen molar-refractivity contribution < 1.29 is 18.3 Å². The molecule has 5 heteroatoms. The van der Waals surface area contributed by atoms with Gasteiger partial charge in [-0.2, -0.15) is 0 Å². The quantitative estimate of drug-likeness (QED) is 0.737. The molecule has 0 fully saturated rings. The van der Waals surface area contributed by atoms with Crippen LogP contribution in [0.15, 0.2) is 47.4 Å². The van der Waals surface area contributed by atoms with Crippen LogP contribution in [0.2, 0.25) is 0 Å². The molecular formula is C19H16F2O2S. The Morgan fingerprint density at radius 3 is 2.29 bits per heavy atom. The van der Waals surface area contributed by atoms with Gasteiger partial charge in [-0.15, -0.1) is 11.8 Å². The van der Waals surface area contributed by atoms with Gasteiger partial charge in [0.1, 0.15) is 17.4 Å². The lowest BCUT2D eigenvalue weighted by atomic mass is 9.92. The minimum Gasteiger partial charge on any atom is -0.478 e. The van der Waals surface area contributed by atoms with Crippen LogP contribution < -0.4 is 0 Å². The monoisotopic (exact) mass is 346 g/mol. The molecule has 2 nitrogen and oxygen atoms in total. The maximum atomic E-state index is 14.5. The maximum Gasteiger partial charge on any atom is 0.210 e. The average Bonchev–Trinajstić information content (AvgIpc) is 2.78. The van der Waals surface area contributed by atoms with Crippen molar-refractivity contribution in [3.8, 4) is 0 Å². The molecule has 0 unspecified atom stereocenters. The van der Waals surface area contributed by atoms with Crippen LogP contribution >= 0.6 is 11.8 Å². The Hall–Kier alpha value is -2.14. The fraction of sp³-hybridized carbons (Fsp3) is 0.211. The van der Waals surface area contributed by atoms with Gasteiger partial charge in [-0.3, -0.25) is 4.79 Å². The Morgan fingerprint density at radius 1 is 1.04 bits per heavy atom. The molecule has 1 aliphatic heterocycles. The van der Waals surface area contributed by atoms with Crippen LogP contribution in [-0.2, 0) is 9.53 Å². The van der Waals surface area contributed by atoms with Crippen LogP contribution in [0.3, 0.4) is 0 Å². The highest BCUT2D eigenvalue weighted by Crippen LogP contribution is 2.42. The van der Waals surface area contributed by atoms with Crippen molar-refractivity contribution in [1.29, 1.82) is 0 Å². The van der Waals surface area contributed by atoms with Crippen LogP contribution in [0.5, 0.6) is 0 Å². The summed E-state index contributed by atoms with van der Waals surface area (Å²) in [6.45, 7) is 3.28. The highest BCUT2D eigenvalue weighted by atomic mass is 32.2. The van der Waals surface area contributed by atoms with Crippen molar-refractivity contribution in [2.24, 2.45) is 0 Å². The van der Waals surface area contributed by atoms with E-state index in [0.29, 0.717) is 5.56 Å². The van der Waals surface area contributed by atoms with E-state index in [9.17, 15) is 13.6 Å². The molecule has 0 radical (unpaired) electrons. The lowest BCUT2D eigenvalue weighted by Crippen LogP contribution is -2.29. The van der Waals surface area contributed by atoms with Gasteiger partial charge in [-0.1, -0.05) is 12.1 Å². The zero-order valence-corrected chi connectivity index (χ0v) is 14.3. The fourth-order valence-corrected chi connectivity index (χ4v) is 3.06. The second-order valence-corrected chi connectivity index (χ2v) is 6.88. The van der Waals surface area contributed by atoms with Gasteiger partial charge in [0.25, 0.3) is 0 Å². The summed E-state index contributed by atoms with van der Waals surface area (Å²) < 4.78 is 33.5. The predicted molar refractivity (Wildman–Crippen MR) is 91.6 cm³/mol. The van der Waals surface area contributed by atoms with Crippen molar-refractivity contribution in [1.82, 2.24) is 0 Å². The number of hydrogen-bond acceptors (Lipinski definition) is 3. The highest BCUT2D eigenvalue weighted by Gasteiger charge is 2.43. The maximum absolute atomic E-state index is 14.5. The van der Waals surface area contributed by atoms with E-state index < -0.39 is 17.2 Å². The first kappa shape index (κ1) is 16.7. The van der Waals surface area contributed by atoms with E-state index in [4.69, 9.17) is 4.74 Å². The van der Waals surface area contributed by atoms with Crippen molar-refractivity contribution in [2.75, 3.05) is 6.26 Å². The Labute approximate surface area is 143 Å². The van der Waals surface area contributed by atoms with Crippen molar-refractivity contribution in [2.45, 2.75) is 24.3 Å². The Balaban J connectivity index is 2.20. The highest BCUT2D eigenvalue weighted by molar-refractivity contribution is 7.98. The van der Waals surface area contributed by atoms with Crippen LogP contribution in [0, 0.1) is 11.6 Å². The average molecular weight is 346 g/mol. The van der Waals surface area contributed by atoms with E-state index in [-0.39, 0.29) is 22.7 Å². The van der Waals surface area contributed by atoms with Gasteiger partial charge in [-0.05, 0) is 56.0 Å². The van der Waals surface area contributed by atoms with Gasteiger partial charge in [0.2, 0.25) is 5.78 Å². The molecule has 2 aromatic carbocycles. The minimum atomic E-state index is -1.09. The van der Waals surface area contributed by atoms with Crippen LogP contribution in [0.25, 0.3) is 11.3 Å². The topological polar surface area (TPSA) is 26.3 Å². The Morgan fingerprint density at radius 2 is 1.71 bits per heavy atom. The molecule has 0 aromatic heterocycles. The number of benzene rings is 2. The lowest BCUT2D eigenvalue weighted by molar-refractivity contribution is -0.125. The molecule has 1 heterocycles. The molecule has 3 rings (SSSR count). The second-order valence-electron chi connectivity index (χ2n) is 6.00. The van der Waals surface area contributed by atoms with E-state index in [1.165, 1.54) is 42.1 Å². The minimum absolute atomic E-state index is 0.196. The number of Topliss-reactive ketones (excluding diaryl/α,β-unsaturated/α-hetero) is 1. The third-order valence-corrected chi connectivity index (χ3v) is 4.64. The lowest BCUT2D eigenvalue weighted by Gasteiger charge is -2.18. The molecule has 0 atom stereocenters. The van der Waals surface area contributed by atoms with E-state index in [1.54, 1.807) is 26.0 Å². The molecule has 0 aliphatic carbocycles. The third kappa shape index (κ3) is 2.84. The number of carbonyl (C=O) groups is 1. The molecule has 0 bridgehead atoms. The van der Waals surface area contributed by atoms with Crippen molar-refractivity contribution >= 4 is 28.9 Å². The normalized spacial score (nSPS) is 16.5. The molecular weight excluding hydrogens is 330 g/mol. The Kier molecular flexibility index (Phi) is 4.22. The van der Waals surface area contributed by atoms with E-state index >= 15 is 0 Å². The number of ketones is 1. The molecule has 24 heavy (non-hydrogen) atoms. The molecule has 2 aromatic rings. The summed E-state index contributed by atoms with van der Waals surface area (Å²) in [5.41, 5.74) is -0.0823. The third-order valence-electron chi connectivity index (χ3n) is 3.91. The van der Waals surface area contributed by atoms with E-state index in [1.807, 2.05) is 6.26 Å². The first-order valence-electron chi connectivity index (χ1n) is 7.41. The molecule has 0 amide bonds. The summed E-state index contributed by atoms with van der Waals surface area (Å²) in [6.07, 6.45) is 1.86. The van der Waals surface area contributed by atoms with Crippen LogP contribution in [0.4, 0.5) is 8.78 Å². The summed E-state index contributed by atoms with van der Waals surface area (Å²) in [5.74, 6) is -0.914. The first-order chi connectivity index (χ1) is 11.3. The van der Waals surface area contributed by atoms with Gasteiger partial charge in [-0.25, -0.2) is 8.78 Å². The van der Waals surface area contributed by atoms with Gasteiger partial charge in [0, 0.05) is 4.90 Å². The largest absolute Gasteiger partial charge is 0.478 e. The van der Waals surface area contributed by atoms with Crippen LogP contribution in [0.1, 0.15) is 25.0 Å². The van der Waals surface area contributed by atoms with Gasteiger partial charge >= 0.3 is 0 Å². The van der Waals surface area contributed by atoms with Crippen molar-refractivity contribution in [3.63, 3.8) is 0 Å². The summed E-state index contributed by atoms with van der Waals surface area (Å²) >= 11 is 1.43. The molecule has 0 saturated carbocycles. The summed E-state index contributed by atoms with van der Waals surface area (Å²) in [4.78, 5) is 13.5. The van der Waals surface area contributed by atoms with Crippen LogP contribution in [-0.4, -0.2) is 17.6 Å². The Bertz CT molecular complexity index is 839.